The van der Waals surface area contributed by atoms with Gasteiger partial charge in [-0.2, -0.15) is 0 Å². The first-order valence-corrected chi connectivity index (χ1v) is 19.9. The zero-order valence-corrected chi connectivity index (χ0v) is 30.2. The predicted molar refractivity (Wildman–Crippen MR) is 196 cm³/mol. The van der Waals surface area contributed by atoms with E-state index < -0.39 is 35.6 Å². The van der Waals surface area contributed by atoms with Crippen LogP contribution in [0.15, 0.2) is 53.8 Å². The van der Waals surface area contributed by atoms with Gasteiger partial charge in [-0.3, -0.25) is 9.59 Å². The van der Waals surface area contributed by atoms with Crippen molar-refractivity contribution in [3.8, 4) is 21.1 Å². The molecule has 13 nitrogen and oxygen atoms in total. The van der Waals surface area contributed by atoms with E-state index >= 15 is 0 Å². The standard InChI is InChI=1S/C37H41N7O6S2/c45-31-29-18-24(44-21-40-30-26(33-39-13-15-52-33)16-22(17-28(30)44)32-38-12-14-51-32)20-43(29)34(46)27(41-36(49)50-25-9-6-7-10-25)11-5-3-1-2-4-8-23-19-37(23,42-31)35(47)48/h4,8,12-17,21,23-25,27,29H,1-3,5-7,9-11,18-20H2,(H,41,49)(H,42,45)(H,47,48)/t23-,24-,27+,29+,37-/m1/s1. The van der Waals surface area contributed by atoms with E-state index in [9.17, 15) is 24.3 Å². The number of fused-ring (bicyclic) bond motifs is 3. The molecule has 0 spiro atoms. The Morgan fingerprint density at radius 1 is 0.981 bits per heavy atom. The Morgan fingerprint density at radius 3 is 2.50 bits per heavy atom. The van der Waals surface area contributed by atoms with E-state index in [4.69, 9.17) is 9.72 Å². The number of hydrogen-bond donors (Lipinski definition) is 3. The normalized spacial score (nSPS) is 27.0. The number of carbonyl (C=O) groups is 4. The molecule has 3 fully saturated rings. The second-order valence-electron chi connectivity index (χ2n) is 14.3. The van der Waals surface area contributed by atoms with Gasteiger partial charge in [0.05, 0.1) is 23.4 Å². The smallest absolute Gasteiger partial charge is 0.408 e. The molecule has 3 N–H and O–H groups in total. The third-order valence-corrected chi connectivity index (χ3v) is 12.5. The zero-order chi connectivity index (χ0) is 35.8. The molecule has 52 heavy (non-hydrogen) atoms. The molecule has 1 aromatic carbocycles. The third-order valence-electron chi connectivity index (χ3n) is 10.9. The number of rotatable bonds is 6. The molecule has 1 saturated heterocycles. The highest BCUT2D eigenvalue weighted by Crippen LogP contribution is 2.46. The fraction of sp³-hybridized carbons (Fsp3) is 0.486. The van der Waals surface area contributed by atoms with Crippen LogP contribution in [0.5, 0.6) is 0 Å². The lowest BCUT2D eigenvalue weighted by molar-refractivity contribution is -0.145. The lowest BCUT2D eigenvalue weighted by Crippen LogP contribution is -2.56. The molecule has 0 unspecified atom stereocenters. The van der Waals surface area contributed by atoms with Crippen molar-refractivity contribution in [3.63, 3.8) is 0 Å². The second-order valence-corrected chi connectivity index (χ2v) is 16.1. The first kappa shape index (κ1) is 34.5. The van der Waals surface area contributed by atoms with Gasteiger partial charge in [0, 0.05) is 46.7 Å². The highest BCUT2D eigenvalue weighted by molar-refractivity contribution is 7.13. The van der Waals surface area contributed by atoms with E-state index in [0.29, 0.717) is 12.8 Å². The Bertz CT molecular complexity index is 1990. The monoisotopic (exact) mass is 743 g/mol. The van der Waals surface area contributed by atoms with Gasteiger partial charge in [-0.25, -0.2) is 24.5 Å². The summed E-state index contributed by atoms with van der Waals surface area (Å²) in [6.45, 7) is 0.162. The van der Waals surface area contributed by atoms with Crippen LogP contribution in [0.3, 0.4) is 0 Å². The SMILES string of the molecule is O=C(N[C@H]1CCCCCC=C[C@@H]2C[C@@]2(C(=O)O)NC(=O)[C@@H]2C[C@@H](n3cnc4c(-c5nccs5)cc(-c5nccs5)cc43)CN2C1=O)OC1CCCC1. The van der Waals surface area contributed by atoms with Gasteiger partial charge >= 0.3 is 12.1 Å². The Morgan fingerprint density at radius 2 is 1.75 bits per heavy atom. The largest absolute Gasteiger partial charge is 0.479 e. The van der Waals surface area contributed by atoms with Gasteiger partial charge in [0.1, 0.15) is 33.7 Å². The van der Waals surface area contributed by atoms with Crippen LogP contribution in [0.1, 0.15) is 76.7 Å². The molecular formula is C37H41N7O6S2. The second kappa shape index (κ2) is 14.4. The number of imidazole rings is 1. The minimum absolute atomic E-state index is 0.162. The summed E-state index contributed by atoms with van der Waals surface area (Å²) in [5.74, 6) is -2.32. The molecule has 4 aliphatic rings. The number of thiazole rings is 2. The Balaban J connectivity index is 1.15. The Kier molecular flexibility index (Phi) is 9.55. The van der Waals surface area contributed by atoms with Gasteiger partial charge in [-0.1, -0.05) is 25.0 Å². The van der Waals surface area contributed by atoms with E-state index in [2.05, 4.69) is 20.6 Å². The van der Waals surface area contributed by atoms with Crippen LogP contribution in [-0.2, 0) is 19.1 Å². The molecule has 0 bridgehead atoms. The summed E-state index contributed by atoms with van der Waals surface area (Å²) in [6.07, 6.45) is 16.0. The summed E-state index contributed by atoms with van der Waals surface area (Å²) in [5, 5.41) is 21.5. The van der Waals surface area contributed by atoms with Crippen molar-refractivity contribution in [1.29, 1.82) is 0 Å². The number of carboxylic acid groups (broad SMARTS) is 1. The Labute approximate surface area is 308 Å². The highest BCUT2D eigenvalue weighted by atomic mass is 32.1. The van der Waals surface area contributed by atoms with Crippen molar-refractivity contribution in [1.82, 2.24) is 35.1 Å². The van der Waals surface area contributed by atoms with Crippen LogP contribution in [0.4, 0.5) is 4.79 Å². The van der Waals surface area contributed by atoms with Crippen molar-refractivity contribution in [3.05, 3.63) is 53.8 Å². The number of aliphatic carboxylic acids is 1. The van der Waals surface area contributed by atoms with Crippen LogP contribution in [0.2, 0.25) is 0 Å². The lowest BCUT2D eigenvalue weighted by Gasteiger charge is -2.29. The van der Waals surface area contributed by atoms with E-state index in [-0.39, 0.29) is 43.4 Å². The van der Waals surface area contributed by atoms with Crippen molar-refractivity contribution in [2.45, 2.75) is 100 Å². The molecule has 2 aliphatic heterocycles. The maximum Gasteiger partial charge on any atom is 0.408 e. The number of hydrogen-bond acceptors (Lipinski definition) is 10. The zero-order valence-electron chi connectivity index (χ0n) is 28.6. The molecule has 3 amide bonds. The summed E-state index contributed by atoms with van der Waals surface area (Å²) in [4.78, 5) is 70.0. The molecule has 272 valence electrons. The van der Waals surface area contributed by atoms with Crippen molar-refractivity contribution in [2.75, 3.05) is 6.54 Å². The average Bonchev–Trinajstić information content (AvgIpc) is 3.88. The number of carbonyl (C=O) groups excluding carboxylic acids is 3. The van der Waals surface area contributed by atoms with E-state index in [1.807, 2.05) is 39.6 Å². The van der Waals surface area contributed by atoms with Crippen LogP contribution < -0.4 is 10.6 Å². The van der Waals surface area contributed by atoms with Crippen molar-refractivity contribution < 1.29 is 29.0 Å². The summed E-state index contributed by atoms with van der Waals surface area (Å²) in [6, 6.07) is 1.82. The summed E-state index contributed by atoms with van der Waals surface area (Å²) in [7, 11) is 0. The number of amides is 3. The van der Waals surface area contributed by atoms with Crippen LogP contribution in [0, 0.1) is 5.92 Å². The number of allylic oxidation sites excluding steroid dienone is 1. The van der Waals surface area contributed by atoms with E-state index in [1.165, 1.54) is 27.6 Å². The fourth-order valence-electron chi connectivity index (χ4n) is 8.05. The number of nitrogens with one attached hydrogen (secondary N) is 2. The molecule has 2 saturated carbocycles. The summed E-state index contributed by atoms with van der Waals surface area (Å²) in [5.41, 5.74) is 1.89. The Hall–Kier alpha value is -4.63. The first-order valence-electron chi connectivity index (χ1n) is 18.1. The van der Waals surface area contributed by atoms with Gasteiger partial charge in [0.25, 0.3) is 0 Å². The van der Waals surface area contributed by atoms with Crippen molar-refractivity contribution in [2.24, 2.45) is 5.92 Å². The molecular weight excluding hydrogens is 703 g/mol. The van der Waals surface area contributed by atoms with Gasteiger partial charge < -0.3 is 29.9 Å². The van der Waals surface area contributed by atoms with Gasteiger partial charge in [-0.15, -0.1) is 22.7 Å². The first-order chi connectivity index (χ1) is 25.3. The summed E-state index contributed by atoms with van der Waals surface area (Å²) < 4.78 is 7.70. The molecule has 5 heterocycles. The molecule has 4 aromatic rings. The maximum absolute atomic E-state index is 14.6. The van der Waals surface area contributed by atoms with Crippen LogP contribution in [0.25, 0.3) is 32.2 Å². The molecule has 2 aliphatic carbocycles. The minimum Gasteiger partial charge on any atom is -0.479 e. The van der Waals surface area contributed by atoms with Gasteiger partial charge in [0.2, 0.25) is 11.8 Å². The number of benzene rings is 1. The number of nitrogens with zero attached hydrogens (tertiary/aromatic N) is 5. The quantitative estimate of drug-likeness (QED) is 0.202. The molecule has 3 aromatic heterocycles. The fourth-order valence-corrected chi connectivity index (χ4v) is 9.33. The minimum atomic E-state index is -1.42. The van der Waals surface area contributed by atoms with E-state index in [1.54, 1.807) is 18.7 Å². The topological polar surface area (TPSA) is 169 Å². The molecule has 0 radical (unpaired) electrons. The van der Waals surface area contributed by atoms with Crippen LogP contribution >= 0.6 is 22.7 Å². The van der Waals surface area contributed by atoms with Gasteiger partial charge in [0.15, 0.2) is 0 Å². The number of aromatic nitrogens is 4. The third kappa shape index (κ3) is 6.71. The average molecular weight is 744 g/mol. The van der Waals surface area contributed by atoms with Crippen LogP contribution in [-0.4, -0.2) is 83.7 Å². The number of alkyl carbamates (subject to hydrolysis) is 1. The number of ether oxygens (including phenoxy) is 1. The van der Waals surface area contributed by atoms with Crippen molar-refractivity contribution >= 4 is 57.6 Å². The molecule has 8 rings (SSSR count). The molecule has 15 heteroatoms. The van der Waals surface area contributed by atoms with Gasteiger partial charge in [-0.05, 0) is 69.9 Å². The lowest BCUT2D eigenvalue weighted by atomic mass is 10.0. The predicted octanol–water partition coefficient (Wildman–Crippen LogP) is 5.94. The summed E-state index contributed by atoms with van der Waals surface area (Å²) >= 11 is 3.04. The maximum atomic E-state index is 14.6. The van der Waals surface area contributed by atoms with E-state index in [0.717, 1.165) is 77.1 Å². The number of carboxylic acids is 1. The highest BCUT2D eigenvalue weighted by Gasteiger charge is 2.61. The molecule has 5 atom stereocenters.